The molecule has 0 aliphatic rings. The van der Waals surface area contributed by atoms with Crippen molar-refractivity contribution in [3.05, 3.63) is 42.5 Å². The Bertz CT molecular complexity index is 1240. The first kappa shape index (κ1) is 24.6. The topological polar surface area (TPSA) is 124 Å². The minimum Gasteiger partial charge on any atom is -0.497 e. The molecule has 0 aliphatic heterocycles. The van der Waals surface area contributed by atoms with Crippen molar-refractivity contribution in [1.29, 1.82) is 0 Å². The predicted octanol–water partition coefficient (Wildman–Crippen LogP) is 3.12. The van der Waals surface area contributed by atoms with E-state index in [1.807, 2.05) is 0 Å². The smallest absolute Gasteiger partial charge is 0.277 e. The van der Waals surface area contributed by atoms with E-state index in [2.05, 4.69) is 15.5 Å². The Hall–Kier alpha value is -3.09. The summed E-state index contributed by atoms with van der Waals surface area (Å²) in [5.41, 5.74) is 0.957. The maximum atomic E-state index is 12.6. The first-order valence-electron chi connectivity index (χ1n) is 9.71. The molecule has 0 unspecified atom stereocenters. The highest BCUT2D eigenvalue weighted by Crippen LogP contribution is 2.34. The van der Waals surface area contributed by atoms with E-state index >= 15 is 0 Å². The van der Waals surface area contributed by atoms with Gasteiger partial charge in [0.25, 0.3) is 11.1 Å². The summed E-state index contributed by atoms with van der Waals surface area (Å²) >= 11 is 1.08. The first-order chi connectivity index (χ1) is 15.6. The summed E-state index contributed by atoms with van der Waals surface area (Å²) in [4.78, 5) is 12.7. The lowest BCUT2D eigenvalue weighted by Crippen LogP contribution is -2.24. The average Bonchev–Trinajstić information content (AvgIpc) is 3.26. The largest absolute Gasteiger partial charge is 0.497 e. The normalized spacial score (nSPS) is 12.4. The fourth-order valence-corrected chi connectivity index (χ4v) is 4.37. The Morgan fingerprint density at radius 3 is 2.55 bits per heavy atom. The van der Waals surface area contributed by atoms with Crippen molar-refractivity contribution < 1.29 is 27.1 Å². The van der Waals surface area contributed by atoms with Crippen LogP contribution in [0.25, 0.3) is 11.5 Å². The lowest BCUT2D eigenvalue weighted by molar-refractivity contribution is -0.115. The number of anilines is 1. The van der Waals surface area contributed by atoms with E-state index in [4.69, 9.17) is 13.9 Å². The molecule has 0 bridgehead atoms. The molecule has 10 nitrogen and oxygen atoms in total. The molecule has 0 saturated carbocycles. The van der Waals surface area contributed by atoms with E-state index in [1.165, 1.54) is 33.3 Å². The van der Waals surface area contributed by atoms with Crippen LogP contribution in [0.4, 0.5) is 5.69 Å². The Labute approximate surface area is 196 Å². The molecule has 1 N–H and O–H groups in total. The molecular formula is C21H24N4O6S2. The van der Waals surface area contributed by atoms with Gasteiger partial charge in [0, 0.05) is 25.8 Å². The average molecular weight is 493 g/mol. The first-order valence-corrected chi connectivity index (χ1v) is 12.0. The SMILES string of the molecule is COc1ccc(-c2nnc(S[C@@H](C)C(=O)Nc3cccc(S(=O)(=O)N(C)C)c3)o2)c(OC)c1. The Morgan fingerprint density at radius 2 is 1.88 bits per heavy atom. The lowest BCUT2D eigenvalue weighted by Gasteiger charge is -2.14. The summed E-state index contributed by atoms with van der Waals surface area (Å²) < 4.78 is 42.0. The van der Waals surface area contributed by atoms with Crippen molar-refractivity contribution in [2.24, 2.45) is 0 Å². The number of benzene rings is 2. The predicted molar refractivity (Wildman–Crippen MR) is 124 cm³/mol. The third-order valence-electron chi connectivity index (χ3n) is 4.57. The van der Waals surface area contributed by atoms with Crippen molar-refractivity contribution in [1.82, 2.24) is 14.5 Å². The van der Waals surface area contributed by atoms with Crippen LogP contribution in [0.3, 0.4) is 0 Å². The number of sulfonamides is 1. The monoisotopic (exact) mass is 492 g/mol. The van der Waals surface area contributed by atoms with Gasteiger partial charge < -0.3 is 19.2 Å². The third kappa shape index (κ3) is 5.64. The second-order valence-corrected chi connectivity index (χ2v) is 10.4. The standard InChI is InChI=1S/C21H24N4O6S2/c1-13(19(26)22-14-7-6-8-16(11-14)33(27,28)25(2)3)32-21-24-23-20(31-21)17-10-9-15(29-4)12-18(17)30-5/h6-13H,1-5H3,(H,22,26)/t13-/m0/s1. The van der Waals surface area contributed by atoms with E-state index in [0.717, 1.165) is 16.1 Å². The number of carbonyl (C=O) groups is 1. The van der Waals surface area contributed by atoms with Gasteiger partial charge in [-0.1, -0.05) is 17.8 Å². The molecule has 1 amide bonds. The molecule has 0 fully saturated rings. The van der Waals surface area contributed by atoms with Crippen LogP contribution < -0.4 is 14.8 Å². The minimum absolute atomic E-state index is 0.0839. The highest BCUT2D eigenvalue weighted by atomic mass is 32.2. The van der Waals surface area contributed by atoms with Crippen molar-refractivity contribution in [3.8, 4) is 23.0 Å². The number of rotatable bonds is 9. The number of carbonyl (C=O) groups excluding carboxylic acids is 1. The van der Waals surface area contributed by atoms with Gasteiger partial charge in [-0.15, -0.1) is 10.2 Å². The van der Waals surface area contributed by atoms with Gasteiger partial charge in [-0.3, -0.25) is 4.79 Å². The Balaban J connectivity index is 1.70. The van der Waals surface area contributed by atoms with Crippen LogP contribution in [0.1, 0.15) is 6.92 Å². The molecule has 3 aromatic rings. The van der Waals surface area contributed by atoms with Gasteiger partial charge in [0.2, 0.25) is 15.9 Å². The number of nitrogens with zero attached hydrogens (tertiary/aromatic N) is 3. The fourth-order valence-electron chi connectivity index (χ4n) is 2.74. The lowest BCUT2D eigenvalue weighted by atomic mass is 10.2. The maximum Gasteiger partial charge on any atom is 0.277 e. The maximum absolute atomic E-state index is 12.6. The zero-order valence-corrected chi connectivity index (χ0v) is 20.4. The molecule has 33 heavy (non-hydrogen) atoms. The van der Waals surface area contributed by atoms with Gasteiger partial charge in [0.05, 0.1) is 29.9 Å². The molecule has 3 rings (SSSR count). The second-order valence-electron chi connectivity index (χ2n) is 7.00. The number of aromatic nitrogens is 2. The van der Waals surface area contributed by atoms with Crippen LogP contribution in [0.5, 0.6) is 11.5 Å². The van der Waals surface area contributed by atoms with Gasteiger partial charge in [-0.2, -0.15) is 0 Å². The van der Waals surface area contributed by atoms with Crippen molar-refractivity contribution in [2.75, 3.05) is 33.6 Å². The van der Waals surface area contributed by atoms with Crippen LogP contribution in [-0.4, -0.2) is 62.4 Å². The number of methoxy groups -OCH3 is 2. The molecule has 12 heteroatoms. The summed E-state index contributed by atoms with van der Waals surface area (Å²) in [5, 5.41) is 10.4. The van der Waals surface area contributed by atoms with Crippen LogP contribution in [0.15, 0.2) is 57.0 Å². The molecular weight excluding hydrogens is 468 g/mol. The highest BCUT2D eigenvalue weighted by molar-refractivity contribution is 8.00. The van der Waals surface area contributed by atoms with Gasteiger partial charge in [-0.05, 0) is 37.3 Å². The summed E-state index contributed by atoms with van der Waals surface area (Å²) in [6.07, 6.45) is 0. The molecule has 1 atom stereocenters. The quantitative estimate of drug-likeness (QED) is 0.449. The van der Waals surface area contributed by atoms with Gasteiger partial charge in [0.1, 0.15) is 11.5 Å². The minimum atomic E-state index is -3.61. The zero-order chi connectivity index (χ0) is 24.2. The molecule has 0 saturated heterocycles. The number of hydrogen-bond donors (Lipinski definition) is 1. The van der Waals surface area contributed by atoms with Gasteiger partial charge in [-0.25, -0.2) is 12.7 Å². The van der Waals surface area contributed by atoms with E-state index in [1.54, 1.807) is 44.4 Å². The zero-order valence-electron chi connectivity index (χ0n) is 18.7. The number of nitrogens with one attached hydrogen (secondary N) is 1. The van der Waals surface area contributed by atoms with Crippen molar-refractivity contribution >= 4 is 33.4 Å². The molecule has 0 aliphatic carbocycles. The fraction of sp³-hybridized carbons (Fsp3) is 0.286. The van der Waals surface area contributed by atoms with E-state index in [-0.39, 0.29) is 21.9 Å². The van der Waals surface area contributed by atoms with Crippen LogP contribution in [0.2, 0.25) is 0 Å². The Morgan fingerprint density at radius 1 is 1.12 bits per heavy atom. The number of hydrogen-bond acceptors (Lipinski definition) is 9. The number of ether oxygens (including phenoxy) is 2. The van der Waals surface area contributed by atoms with E-state index < -0.39 is 15.3 Å². The van der Waals surface area contributed by atoms with Crippen molar-refractivity contribution in [2.45, 2.75) is 22.3 Å². The number of amides is 1. The van der Waals surface area contributed by atoms with Gasteiger partial charge >= 0.3 is 0 Å². The third-order valence-corrected chi connectivity index (χ3v) is 7.32. The molecule has 1 aromatic heterocycles. The molecule has 0 radical (unpaired) electrons. The van der Waals surface area contributed by atoms with Crippen LogP contribution in [0, 0.1) is 0 Å². The Kier molecular flexibility index (Phi) is 7.61. The van der Waals surface area contributed by atoms with E-state index in [0.29, 0.717) is 22.7 Å². The summed E-state index contributed by atoms with van der Waals surface area (Å²) in [6.45, 7) is 1.68. The summed E-state index contributed by atoms with van der Waals surface area (Å²) in [6, 6.07) is 11.2. The molecule has 2 aromatic carbocycles. The summed E-state index contributed by atoms with van der Waals surface area (Å²) in [5.74, 6) is 1.03. The van der Waals surface area contributed by atoms with E-state index in [9.17, 15) is 13.2 Å². The molecule has 1 heterocycles. The van der Waals surface area contributed by atoms with Crippen molar-refractivity contribution in [3.63, 3.8) is 0 Å². The molecule has 176 valence electrons. The second kappa shape index (κ2) is 10.2. The summed E-state index contributed by atoms with van der Waals surface area (Å²) in [7, 11) is 2.35. The molecule has 0 spiro atoms. The van der Waals surface area contributed by atoms with Crippen LogP contribution >= 0.6 is 11.8 Å². The van der Waals surface area contributed by atoms with Gasteiger partial charge in [0.15, 0.2) is 0 Å². The van der Waals surface area contributed by atoms with Crippen LogP contribution in [-0.2, 0) is 14.8 Å². The highest BCUT2D eigenvalue weighted by Gasteiger charge is 2.22. The number of thioether (sulfide) groups is 1.